The third-order valence-electron chi connectivity index (χ3n) is 13.6. The maximum absolute atomic E-state index is 12.5. The highest BCUT2D eigenvalue weighted by Gasteiger charge is 2.20. The smallest absolute Gasteiger partial charge is 0.222 e. The number of hydrogen-bond acceptors (Lipinski definition) is 4. The lowest BCUT2D eigenvalue weighted by molar-refractivity contribution is -0.124. The second kappa shape index (κ2) is 52.7. The normalized spacial score (nSPS) is 13.3. The van der Waals surface area contributed by atoms with Crippen molar-refractivity contribution in [2.24, 2.45) is 0 Å². The molecule has 0 saturated heterocycles. The molecule has 0 saturated carbocycles. The lowest BCUT2D eigenvalue weighted by atomic mass is 10.0. The van der Waals surface area contributed by atoms with Gasteiger partial charge in [0.15, 0.2) is 0 Å². The zero-order valence-electron chi connectivity index (χ0n) is 42.3. The van der Waals surface area contributed by atoms with Crippen LogP contribution >= 0.6 is 0 Å². The molecule has 0 aliphatic rings. The molecule has 4 N–H and O–H groups in total. The Balaban J connectivity index is 3.50. The Morgan fingerprint density at radius 3 is 0.935 bits per heavy atom. The minimum Gasteiger partial charge on any atom is -0.394 e. The van der Waals surface area contributed by atoms with Crippen molar-refractivity contribution in [2.75, 3.05) is 6.61 Å². The van der Waals surface area contributed by atoms with Gasteiger partial charge in [0.05, 0.1) is 31.3 Å². The molecule has 0 aliphatic carbocycles. The Kier molecular flexibility index (Phi) is 51.9. The van der Waals surface area contributed by atoms with Crippen molar-refractivity contribution in [2.45, 2.75) is 340 Å². The van der Waals surface area contributed by atoms with E-state index in [0.29, 0.717) is 6.42 Å². The summed E-state index contributed by atoms with van der Waals surface area (Å²) in [7, 11) is 0. The summed E-state index contributed by atoms with van der Waals surface area (Å²) in [6.07, 6.45) is 65.5. The maximum Gasteiger partial charge on any atom is 0.222 e. The average molecular weight is 877 g/mol. The first-order valence-electron chi connectivity index (χ1n) is 28.5. The van der Waals surface area contributed by atoms with Crippen LogP contribution in [-0.4, -0.2) is 46.1 Å². The molecule has 0 aromatic carbocycles. The number of aliphatic hydroxyl groups excluding tert-OH is 3. The van der Waals surface area contributed by atoms with E-state index in [1.54, 1.807) is 6.08 Å². The van der Waals surface area contributed by atoms with E-state index >= 15 is 0 Å². The van der Waals surface area contributed by atoms with Gasteiger partial charge in [-0.1, -0.05) is 309 Å². The quantitative estimate of drug-likeness (QED) is 0.0362. The lowest BCUT2D eigenvalue weighted by Crippen LogP contribution is -2.45. The number of allylic oxidation sites excluding steroid dienone is 1. The fourth-order valence-corrected chi connectivity index (χ4v) is 9.23. The van der Waals surface area contributed by atoms with Gasteiger partial charge in [0.25, 0.3) is 0 Å². The van der Waals surface area contributed by atoms with E-state index in [1.807, 2.05) is 6.08 Å². The minimum absolute atomic E-state index is 0.0195. The minimum atomic E-state index is -0.925. The summed E-state index contributed by atoms with van der Waals surface area (Å²) in [4.78, 5) is 12.5. The van der Waals surface area contributed by atoms with Crippen LogP contribution in [0, 0.1) is 0 Å². The van der Waals surface area contributed by atoms with Crippen LogP contribution in [0.1, 0.15) is 322 Å². The number of rotatable bonds is 53. The summed E-state index contributed by atoms with van der Waals surface area (Å²) in [6.45, 7) is 4.25. The molecule has 0 rings (SSSR count). The van der Waals surface area contributed by atoms with E-state index in [0.717, 1.165) is 25.7 Å². The fraction of sp³-hybridized carbons (Fsp3) is 0.947. The summed E-state index contributed by atoms with van der Waals surface area (Å²) in [5.74, 6) is -0.308. The number of hydrogen-bond donors (Lipinski definition) is 4. The van der Waals surface area contributed by atoms with Crippen LogP contribution in [-0.2, 0) is 4.79 Å². The molecule has 5 nitrogen and oxygen atoms in total. The molecule has 1 amide bonds. The molecule has 0 aliphatic heterocycles. The predicted octanol–water partition coefficient (Wildman–Crippen LogP) is 17.5. The van der Waals surface area contributed by atoms with Gasteiger partial charge in [-0.05, 0) is 19.3 Å². The zero-order chi connectivity index (χ0) is 45.1. The first-order valence-corrected chi connectivity index (χ1v) is 28.5. The van der Waals surface area contributed by atoms with E-state index in [4.69, 9.17) is 0 Å². The van der Waals surface area contributed by atoms with Crippen molar-refractivity contribution in [1.82, 2.24) is 5.32 Å². The van der Waals surface area contributed by atoms with Gasteiger partial charge in [-0.3, -0.25) is 4.79 Å². The van der Waals surface area contributed by atoms with Gasteiger partial charge < -0.3 is 20.6 Å². The molecule has 0 bridgehead atoms. The van der Waals surface area contributed by atoms with E-state index in [2.05, 4.69) is 19.2 Å². The Labute approximate surface area is 389 Å². The Hall–Kier alpha value is -0.910. The van der Waals surface area contributed by atoms with Crippen LogP contribution in [0.4, 0.5) is 0 Å². The van der Waals surface area contributed by atoms with Crippen molar-refractivity contribution in [3.8, 4) is 0 Å². The van der Waals surface area contributed by atoms with Crippen LogP contribution in [0.15, 0.2) is 12.2 Å². The topological polar surface area (TPSA) is 89.8 Å². The lowest BCUT2D eigenvalue weighted by Gasteiger charge is -2.21. The second-order valence-corrected chi connectivity index (χ2v) is 19.9. The van der Waals surface area contributed by atoms with Gasteiger partial charge in [-0.25, -0.2) is 0 Å². The van der Waals surface area contributed by atoms with Gasteiger partial charge in [0, 0.05) is 0 Å². The molecule has 0 heterocycles. The van der Waals surface area contributed by atoms with Crippen molar-refractivity contribution in [1.29, 1.82) is 0 Å². The van der Waals surface area contributed by atoms with Crippen LogP contribution in [0.5, 0.6) is 0 Å². The van der Waals surface area contributed by atoms with E-state index in [1.165, 1.54) is 270 Å². The molecule has 3 atom stereocenters. The number of carbonyl (C=O) groups is 1. The Morgan fingerprint density at radius 2 is 0.661 bits per heavy atom. The van der Waals surface area contributed by atoms with E-state index in [9.17, 15) is 20.1 Å². The summed E-state index contributed by atoms with van der Waals surface area (Å²) >= 11 is 0. The van der Waals surface area contributed by atoms with Crippen LogP contribution in [0.25, 0.3) is 0 Å². The monoisotopic (exact) mass is 876 g/mol. The van der Waals surface area contributed by atoms with Gasteiger partial charge in [-0.15, -0.1) is 0 Å². The summed E-state index contributed by atoms with van der Waals surface area (Å²) in [5.41, 5.74) is 0. The Bertz CT molecular complexity index is 879. The molecule has 0 aromatic rings. The average Bonchev–Trinajstić information content (AvgIpc) is 3.27. The first-order chi connectivity index (χ1) is 30.5. The van der Waals surface area contributed by atoms with Crippen molar-refractivity contribution in [3.05, 3.63) is 12.2 Å². The van der Waals surface area contributed by atoms with E-state index < -0.39 is 18.2 Å². The molecule has 0 aromatic heterocycles. The molecule has 0 radical (unpaired) electrons. The van der Waals surface area contributed by atoms with Crippen LogP contribution < -0.4 is 5.32 Å². The summed E-state index contributed by atoms with van der Waals surface area (Å²) in [5, 5.41) is 33.4. The Morgan fingerprint density at radius 1 is 0.403 bits per heavy atom. The summed E-state index contributed by atoms with van der Waals surface area (Å²) < 4.78 is 0. The SMILES string of the molecule is CCCCCCCCCCCCCCCCCC/C=C/C(O)C(CO)NC(=O)CC(O)CCCCCCCCCCCCCCCCCCCCCCCCCCCCCCC. The molecule has 0 fully saturated rings. The predicted molar refractivity (Wildman–Crippen MR) is 273 cm³/mol. The highest BCUT2D eigenvalue weighted by molar-refractivity contribution is 5.76. The molecule has 62 heavy (non-hydrogen) atoms. The molecule has 370 valence electrons. The van der Waals surface area contributed by atoms with Crippen molar-refractivity contribution < 1.29 is 20.1 Å². The third kappa shape index (κ3) is 48.5. The van der Waals surface area contributed by atoms with Crippen molar-refractivity contribution in [3.63, 3.8) is 0 Å². The number of nitrogens with one attached hydrogen (secondary N) is 1. The molecular formula is C57H113NO4. The third-order valence-corrected chi connectivity index (χ3v) is 13.6. The first kappa shape index (κ1) is 61.1. The van der Waals surface area contributed by atoms with Crippen LogP contribution in [0.2, 0.25) is 0 Å². The molecule has 3 unspecified atom stereocenters. The highest BCUT2D eigenvalue weighted by atomic mass is 16.3. The number of aliphatic hydroxyl groups is 3. The van der Waals surface area contributed by atoms with Gasteiger partial charge in [0.2, 0.25) is 5.91 Å². The largest absolute Gasteiger partial charge is 0.394 e. The highest BCUT2D eigenvalue weighted by Crippen LogP contribution is 2.18. The molecular weight excluding hydrogens is 763 g/mol. The second-order valence-electron chi connectivity index (χ2n) is 19.9. The zero-order valence-corrected chi connectivity index (χ0v) is 42.3. The van der Waals surface area contributed by atoms with Gasteiger partial charge in [0.1, 0.15) is 0 Å². The van der Waals surface area contributed by atoms with E-state index in [-0.39, 0.29) is 18.9 Å². The molecule has 0 spiro atoms. The molecule has 5 heteroatoms. The maximum atomic E-state index is 12.5. The number of carbonyl (C=O) groups excluding carboxylic acids is 1. The number of amides is 1. The van der Waals surface area contributed by atoms with Gasteiger partial charge in [-0.2, -0.15) is 0 Å². The number of unbranched alkanes of at least 4 members (excludes halogenated alkanes) is 44. The van der Waals surface area contributed by atoms with Gasteiger partial charge >= 0.3 is 0 Å². The fourth-order valence-electron chi connectivity index (χ4n) is 9.23. The van der Waals surface area contributed by atoms with Crippen molar-refractivity contribution >= 4 is 5.91 Å². The van der Waals surface area contributed by atoms with Crippen LogP contribution in [0.3, 0.4) is 0 Å². The standard InChI is InChI=1S/C57H113NO4/c1-3-5-7-9-11-13-15-17-19-21-23-24-25-26-27-28-29-30-31-32-33-34-36-38-40-42-44-46-48-50-54(60)52-57(62)58-55(53-59)56(61)51-49-47-45-43-41-39-37-35-22-20-18-16-14-12-10-8-6-4-2/h49,51,54-56,59-61H,3-48,50,52-53H2,1-2H3,(H,58,62)/b51-49+. The summed E-state index contributed by atoms with van der Waals surface area (Å²) in [6, 6.07) is -0.741.